The molecule has 0 saturated heterocycles. The van der Waals surface area contributed by atoms with Crippen LogP contribution in [0.2, 0.25) is 5.02 Å². The van der Waals surface area contributed by atoms with E-state index in [1.165, 1.54) is 0 Å². The van der Waals surface area contributed by atoms with Gasteiger partial charge in [-0.25, -0.2) is 0 Å². The lowest BCUT2D eigenvalue weighted by molar-refractivity contribution is 0.0563. The molecule has 4 heteroatoms. The number of hydrogen-bond acceptors (Lipinski definition) is 3. The van der Waals surface area contributed by atoms with E-state index >= 15 is 0 Å². The number of pyridine rings is 1. The first-order chi connectivity index (χ1) is 9.85. The molecule has 0 amide bonds. The van der Waals surface area contributed by atoms with Gasteiger partial charge >= 0.3 is 0 Å². The number of aliphatic hydroxyl groups is 1. The van der Waals surface area contributed by atoms with Gasteiger partial charge in [-0.3, -0.25) is 4.98 Å². The molecule has 2 aromatic rings. The van der Waals surface area contributed by atoms with Gasteiger partial charge in [0.15, 0.2) is 0 Å². The molecular weight excluding hydrogens is 286 g/mol. The topological polar surface area (TPSA) is 42.4 Å². The first kappa shape index (κ1) is 15.8. The molecule has 1 N–H and O–H groups in total. The van der Waals surface area contributed by atoms with E-state index in [-0.39, 0.29) is 0 Å². The van der Waals surface area contributed by atoms with Crippen LogP contribution in [0.1, 0.15) is 29.3 Å². The molecule has 112 valence electrons. The van der Waals surface area contributed by atoms with Crippen LogP contribution >= 0.6 is 11.6 Å². The Kier molecular flexibility index (Phi) is 4.55. The maximum Gasteiger partial charge on any atom is 0.128 e. The molecule has 0 aliphatic heterocycles. The Labute approximate surface area is 130 Å². The molecule has 0 saturated carbocycles. The smallest absolute Gasteiger partial charge is 0.128 e. The molecule has 21 heavy (non-hydrogen) atoms. The summed E-state index contributed by atoms with van der Waals surface area (Å²) < 4.78 is 5.41. The van der Waals surface area contributed by atoms with Crippen LogP contribution in [-0.4, -0.2) is 17.2 Å². The lowest BCUT2D eigenvalue weighted by Gasteiger charge is -2.25. The Morgan fingerprint density at radius 3 is 2.43 bits per heavy atom. The first-order valence-corrected chi connectivity index (χ1v) is 7.20. The minimum absolute atomic E-state index is 0.414. The highest BCUT2D eigenvalue weighted by atomic mass is 35.5. The van der Waals surface area contributed by atoms with Crippen LogP contribution in [0.4, 0.5) is 0 Å². The molecule has 1 aromatic carbocycles. The van der Waals surface area contributed by atoms with E-state index in [0.29, 0.717) is 11.4 Å². The zero-order chi connectivity index (χ0) is 15.6. The fourth-order valence-corrected chi connectivity index (χ4v) is 2.61. The Hall–Kier alpha value is -1.58. The number of benzene rings is 1. The van der Waals surface area contributed by atoms with Crippen LogP contribution in [0.25, 0.3) is 0 Å². The van der Waals surface area contributed by atoms with Crippen molar-refractivity contribution in [1.82, 2.24) is 4.98 Å². The molecule has 2 rings (SSSR count). The van der Waals surface area contributed by atoms with Gasteiger partial charge in [-0.05, 0) is 38.5 Å². The Balaban J connectivity index is 2.34. The second-order valence-corrected chi connectivity index (χ2v) is 5.94. The number of nitrogens with zero attached hydrogens (tertiary/aromatic N) is 1. The molecule has 0 aliphatic carbocycles. The fraction of sp³-hybridized carbons (Fsp3) is 0.353. The van der Waals surface area contributed by atoms with Gasteiger partial charge in [0.25, 0.3) is 0 Å². The van der Waals surface area contributed by atoms with E-state index in [2.05, 4.69) is 4.98 Å². The van der Waals surface area contributed by atoms with Crippen molar-refractivity contribution in [3.63, 3.8) is 0 Å². The number of rotatable bonds is 4. The summed E-state index contributed by atoms with van der Waals surface area (Å²) >= 11 is 5.89. The zero-order valence-corrected chi connectivity index (χ0v) is 13.5. The third-order valence-electron chi connectivity index (χ3n) is 3.73. The molecule has 0 spiro atoms. The summed E-state index contributed by atoms with van der Waals surface area (Å²) in [5, 5.41) is 11.4. The molecule has 0 bridgehead atoms. The molecule has 1 atom stereocenters. The number of aryl methyl sites for hydroxylation is 1. The van der Waals surface area contributed by atoms with Crippen molar-refractivity contribution >= 4 is 11.6 Å². The van der Waals surface area contributed by atoms with Crippen molar-refractivity contribution in [2.75, 3.05) is 7.11 Å². The maximum atomic E-state index is 10.8. The van der Waals surface area contributed by atoms with E-state index in [0.717, 1.165) is 28.1 Å². The summed E-state index contributed by atoms with van der Waals surface area (Å²) in [5.41, 5.74) is 2.59. The van der Waals surface area contributed by atoms with E-state index in [1.54, 1.807) is 32.4 Å². The summed E-state index contributed by atoms with van der Waals surface area (Å²) in [4.78, 5) is 4.45. The number of hydrogen-bond donors (Lipinski definition) is 1. The minimum atomic E-state index is -1.01. The lowest BCUT2D eigenvalue weighted by Crippen LogP contribution is -2.25. The monoisotopic (exact) mass is 305 g/mol. The highest BCUT2D eigenvalue weighted by Gasteiger charge is 2.26. The zero-order valence-electron chi connectivity index (χ0n) is 12.8. The predicted octanol–water partition coefficient (Wildman–Crippen LogP) is 3.81. The van der Waals surface area contributed by atoms with Crippen LogP contribution in [0.15, 0.2) is 30.5 Å². The van der Waals surface area contributed by atoms with Gasteiger partial charge in [0, 0.05) is 28.8 Å². The molecule has 1 heterocycles. The van der Waals surface area contributed by atoms with Crippen molar-refractivity contribution in [2.45, 2.75) is 32.8 Å². The summed E-state index contributed by atoms with van der Waals surface area (Å²) in [7, 11) is 1.65. The Bertz CT molecular complexity index is 636. The van der Waals surface area contributed by atoms with E-state index in [4.69, 9.17) is 16.3 Å². The minimum Gasteiger partial charge on any atom is -0.496 e. The van der Waals surface area contributed by atoms with Gasteiger partial charge in [0.1, 0.15) is 5.75 Å². The van der Waals surface area contributed by atoms with Crippen LogP contribution in [-0.2, 0) is 12.0 Å². The number of halogens is 1. The summed E-state index contributed by atoms with van der Waals surface area (Å²) in [5.74, 6) is 0.826. The molecule has 0 fully saturated rings. The van der Waals surface area contributed by atoms with Crippen molar-refractivity contribution in [3.05, 3.63) is 57.9 Å². The van der Waals surface area contributed by atoms with E-state index in [9.17, 15) is 5.11 Å². The van der Waals surface area contributed by atoms with Crippen molar-refractivity contribution in [2.24, 2.45) is 0 Å². The third kappa shape index (κ3) is 3.36. The SMILES string of the molecule is COc1c(C)cnc(CC(C)(O)c2ccc(Cl)cc2)c1C. The fourth-order valence-electron chi connectivity index (χ4n) is 2.49. The normalized spacial score (nSPS) is 13.8. The molecule has 0 aliphatic rings. The average molecular weight is 306 g/mol. The highest BCUT2D eigenvalue weighted by Crippen LogP contribution is 2.30. The standard InChI is InChI=1S/C17H20ClNO2/c1-11-10-19-15(12(2)16(11)21-4)9-17(3,20)13-5-7-14(18)8-6-13/h5-8,10,20H,9H2,1-4H3. The van der Waals surface area contributed by atoms with Gasteiger partial charge < -0.3 is 9.84 Å². The largest absolute Gasteiger partial charge is 0.496 e. The highest BCUT2D eigenvalue weighted by molar-refractivity contribution is 6.30. The third-order valence-corrected chi connectivity index (χ3v) is 3.98. The average Bonchev–Trinajstić information content (AvgIpc) is 2.43. The van der Waals surface area contributed by atoms with Gasteiger partial charge in [0.05, 0.1) is 18.4 Å². The van der Waals surface area contributed by atoms with Crippen LogP contribution in [0.5, 0.6) is 5.75 Å². The van der Waals surface area contributed by atoms with Crippen LogP contribution < -0.4 is 4.74 Å². The second kappa shape index (κ2) is 6.04. The van der Waals surface area contributed by atoms with Gasteiger partial charge in [-0.15, -0.1) is 0 Å². The lowest BCUT2D eigenvalue weighted by atomic mass is 9.89. The van der Waals surface area contributed by atoms with Gasteiger partial charge in [-0.1, -0.05) is 23.7 Å². The maximum absolute atomic E-state index is 10.8. The van der Waals surface area contributed by atoms with E-state index < -0.39 is 5.60 Å². The van der Waals surface area contributed by atoms with E-state index in [1.807, 2.05) is 26.0 Å². The molecule has 3 nitrogen and oxygen atoms in total. The van der Waals surface area contributed by atoms with Gasteiger partial charge in [-0.2, -0.15) is 0 Å². The van der Waals surface area contributed by atoms with Gasteiger partial charge in [0.2, 0.25) is 0 Å². The summed E-state index contributed by atoms with van der Waals surface area (Å²) in [6.07, 6.45) is 2.19. The molecule has 0 radical (unpaired) electrons. The number of methoxy groups -OCH3 is 1. The van der Waals surface area contributed by atoms with Crippen molar-refractivity contribution in [3.8, 4) is 5.75 Å². The van der Waals surface area contributed by atoms with Crippen molar-refractivity contribution < 1.29 is 9.84 Å². The predicted molar refractivity (Wildman–Crippen MR) is 85.0 cm³/mol. The molecule has 1 aromatic heterocycles. The quantitative estimate of drug-likeness (QED) is 0.934. The van der Waals surface area contributed by atoms with Crippen LogP contribution in [0.3, 0.4) is 0 Å². The first-order valence-electron chi connectivity index (χ1n) is 6.82. The second-order valence-electron chi connectivity index (χ2n) is 5.50. The molecule has 1 unspecified atom stereocenters. The Morgan fingerprint density at radius 2 is 1.86 bits per heavy atom. The summed E-state index contributed by atoms with van der Waals surface area (Å²) in [6, 6.07) is 7.23. The number of ether oxygens (including phenoxy) is 1. The Morgan fingerprint density at radius 1 is 1.24 bits per heavy atom. The summed E-state index contributed by atoms with van der Waals surface area (Å²) in [6.45, 7) is 5.70. The molecular formula is C17H20ClNO2. The number of aromatic nitrogens is 1. The van der Waals surface area contributed by atoms with Crippen LogP contribution in [0, 0.1) is 13.8 Å². The van der Waals surface area contributed by atoms with Crippen molar-refractivity contribution in [1.29, 1.82) is 0 Å².